The van der Waals surface area contributed by atoms with Gasteiger partial charge in [-0.2, -0.15) is 0 Å². The first-order valence-electron chi connectivity index (χ1n) is 9.85. The van der Waals surface area contributed by atoms with E-state index in [-0.39, 0.29) is 11.8 Å². The first kappa shape index (κ1) is 19.9. The molecule has 1 aliphatic heterocycles. The number of aryl methyl sites for hydroxylation is 1. The molecule has 2 heterocycles. The van der Waals surface area contributed by atoms with Gasteiger partial charge in [-0.1, -0.05) is 49.5 Å². The van der Waals surface area contributed by atoms with Crippen LogP contribution in [0.1, 0.15) is 27.5 Å². The number of piperidine rings is 1. The van der Waals surface area contributed by atoms with E-state index in [0.29, 0.717) is 23.2 Å². The highest BCUT2D eigenvalue weighted by Gasteiger charge is 2.56. The largest absolute Gasteiger partial charge is 0.368 e. The Morgan fingerprint density at radius 1 is 1.31 bits per heavy atom. The van der Waals surface area contributed by atoms with E-state index < -0.39 is 20.0 Å². The van der Waals surface area contributed by atoms with E-state index in [1.807, 2.05) is 31.2 Å². The van der Waals surface area contributed by atoms with Gasteiger partial charge in [-0.3, -0.25) is 9.59 Å². The van der Waals surface area contributed by atoms with Crippen LogP contribution in [0, 0.1) is 30.2 Å². The first-order valence-corrected chi connectivity index (χ1v) is 14.2. The predicted octanol–water partition coefficient (Wildman–Crippen LogP) is 3.29. The quantitative estimate of drug-likeness (QED) is 0.608. The molecule has 2 amide bonds. The Kier molecular flexibility index (Phi) is 4.87. The number of carbonyl (C=O) groups is 2. The number of likely N-dealkylation sites (tertiary alicyclic amines) is 1. The van der Waals surface area contributed by atoms with E-state index in [4.69, 9.17) is 5.73 Å². The van der Waals surface area contributed by atoms with Gasteiger partial charge in [0.2, 0.25) is 5.91 Å². The van der Waals surface area contributed by atoms with E-state index in [9.17, 15) is 9.59 Å². The second-order valence-electron chi connectivity index (χ2n) is 9.03. The van der Waals surface area contributed by atoms with Gasteiger partial charge in [-0.05, 0) is 36.7 Å². The molecule has 5 nitrogen and oxygen atoms in total. The first-order chi connectivity index (χ1) is 13.6. The van der Waals surface area contributed by atoms with Crippen LogP contribution in [0.2, 0.25) is 19.6 Å². The molecule has 1 aromatic carbocycles. The molecule has 2 aliphatic rings. The fourth-order valence-corrected chi connectivity index (χ4v) is 5.41. The summed E-state index contributed by atoms with van der Waals surface area (Å²) in [7, 11) is -1.57. The zero-order chi connectivity index (χ0) is 20.9. The lowest BCUT2D eigenvalue weighted by Gasteiger charge is -2.24. The summed E-state index contributed by atoms with van der Waals surface area (Å²) >= 11 is 1.44. The van der Waals surface area contributed by atoms with Gasteiger partial charge in [0.15, 0.2) is 5.01 Å². The van der Waals surface area contributed by atoms with Crippen molar-refractivity contribution in [1.82, 2.24) is 9.88 Å². The lowest BCUT2D eigenvalue weighted by atomic mass is 10.1. The van der Waals surface area contributed by atoms with Crippen LogP contribution < -0.4 is 5.73 Å². The Labute approximate surface area is 176 Å². The average Bonchev–Trinajstić information content (AvgIpc) is 3.11. The minimum Gasteiger partial charge on any atom is -0.368 e. The van der Waals surface area contributed by atoms with Crippen molar-refractivity contribution < 1.29 is 9.59 Å². The van der Waals surface area contributed by atoms with E-state index in [0.717, 1.165) is 22.4 Å². The third-order valence-corrected chi connectivity index (χ3v) is 7.25. The number of aromatic nitrogens is 1. The average molecular weight is 424 g/mol. The molecule has 3 atom stereocenters. The standard InChI is InChI=1S/C22H25N3O2SSi/c1-13-6-5-7-14(10-13)20-18(24-17(28-20)8-9-29(2,3)4)22(27)25-12-15-11-16(15)19(25)21(23)26/h5-7,10,15-16,19H,11-12H2,1-4H3,(H2,23,26)/t15-,16-,19+/m1/s1. The van der Waals surface area contributed by atoms with Crippen LogP contribution in [-0.2, 0) is 4.79 Å². The van der Waals surface area contributed by atoms with E-state index in [1.165, 1.54) is 11.3 Å². The minimum atomic E-state index is -1.57. The van der Waals surface area contributed by atoms with Crippen LogP contribution in [0.4, 0.5) is 0 Å². The number of hydrogen-bond donors (Lipinski definition) is 1. The number of carbonyl (C=O) groups excluding carboxylic acids is 2. The number of benzene rings is 1. The van der Waals surface area contributed by atoms with Crippen molar-refractivity contribution in [2.75, 3.05) is 6.54 Å². The number of hydrogen-bond acceptors (Lipinski definition) is 4. The topological polar surface area (TPSA) is 76.3 Å². The second-order valence-corrected chi connectivity index (χ2v) is 14.8. The summed E-state index contributed by atoms with van der Waals surface area (Å²) in [5.74, 6) is 3.15. The highest BCUT2D eigenvalue weighted by Crippen LogP contribution is 2.50. The lowest BCUT2D eigenvalue weighted by molar-refractivity contribution is -0.122. The second kappa shape index (κ2) is 7.12. The summed E-state index contributed by atoms with van der Waals surface area (Å²) in [5, 5.41) is 0.646. The number of thiazole rings is 1. The third kappa shape index (κ3) is 4.00. The summed E-state index contributed by atoms with van der Waals surface area (Å²) in [6.07, 6.45) is 0.978. The smallest absolute Gasteiger partial charge is 0.274 e. The summed E-state index contributed by atoms with van der Waals surface area (Å²) in [6, 6.07) is 7.52. The molecule has 1 aliphatic carbocycles. The molecule has 150 valence electrons. The number of rotatable bonds is 3. The number of primary amides is 1. The summed E-state index contributed by atoms with van der Waals surface area (Å²) in [5.41, 5.74) is 11.4. The Morgan fingerprint density at radius 3 is 2.72 bits per heavy atom. The van der Waals surface area contributed by atoms with Crippen LogP contribution in [0.15, 0.2) is 24.3 Å². The van der Waals surface area contributed by atoms with Gasteiger partial charge in [0.05, 0.1) is 4.88 Å². The molecule has 0 bridgehead atoms. The Bertz CT molecular complexity index is 1060. The van der Waals surface area contributed by atoms with Gasteiger partial charge in [-0.15, -0.1) is 16.9 Å². The fourth-order valence-electron chi connectivity index (χ4n) is 3.92. The number of amides is 2. The maximum absolute atomic E-state index is 13.4. The normalized spacial score (nSPS) is 22.6. The van der Waals surface area contributed by atoms with Crippen molar-refractivity contribution >= 4 is 31.2 Å². The Hall–Kier alpha value is -2.43. The molecule has 1 aromatic heterocycles. The van der Waals surface area contributed by atoms with Gasteiger partial charge in [0.25, 0.3) is 5.91 Å². The van der Waals surface area contributed by atoms with Crippen LogP contribution in [-0.4, -0.2) is 42.4 Å². The van der Waals surface area contributed by atoms with Crippen molar-refractivity contribution in [3.63, 3.8) is 0 Å². The molecule has 0 spiro atoms. The van der Waals surface area contributed by atoms with E-state index >= 15 is 0 Å². The molecular weight excluding hydrogens is 398 g/mol. The van der Waals surface area contributed by atoms with Crippen molar-refractivity contribution in [3.05, 3.63) is 40.5 Å². The van der Waals surface area contributed by atoms with Crippen LogP contribution >= 0.6 is 11.3 Å². The van der Waals surface area contributed by atoms with Crippen molar-refractivity contribution in [1.29, 1.82) is 0 Å². The predicted molar refractivity (Wildman–Crippen MR) is 118 cm³/mol. The van der Waals surface area contributed by atoms with Gasteiger partial charge >= 0.3 is 0 Å². The van der Waals surface area contributed by atoms with Crippen molar-refractivity contribution in [2.45, 2.75) is 39.0 Å². The fraction of sp³-hybridized carbons (Fsp3) is 0.409. The zero-order valence-corrected chi connectivity index (χ0v) is 19.0. The van der Waals surface area contributed by atoms with Crippen molar-refractivity contribution in [2.24, 2.45) is 17.6 Å². The molecule has 7 heteroatoms. The van der Waals surface area contributed by atoms with Crippen LogP contribution in [0.3, 0.4) is 0 Å². The highest BCUT2D eigenvalue weighted by molar-refractivity contribution is 7.16. The lowest BCUT2D eigenvalue weighted by Crippen LogP contribution is -2.46. The Balaban J connectivity index is 1.76. The van der Waals surface area contributed by atoms with E-state index in [2.05, 4.69) is 36.1 Å². The molecule has 2 fully saturated rings. The molecule has 0 radical (unpaired) electrons. The SMILES string of the molecule is Cc1cccc(-c2sc(C#C[Si](C)(C)C)nc2C(=O)N2C[C@H]3C[C@H]3[C@H]2C(N)=O)c1. The zero-order valence-electron chi connectivity index (χ0n) is 17.2. The molecule has 29 heavy (non-hydrogen) atoms. The van der Waals surface area contributed by atoms with Gasteiger partial charge in [-0.25, -0.2) is 4.98 Å². The van der Waals surface area contributed by atoms with Gasteiger partial charge < -0.3 is 10.6 Å². The molecule has 4 rings (SSSR count). The minimum absolute atomic E-state index is 0.212. The van der Waals surface area contributed by atoms with Gasteiger partial charge in [0.1, 0.15) is 19.8 Å². The molecule has 1 saturated carbocycles. The number of fused-ring (bicyclic) bond motifs is 1. The molecule has 2 N–H and O–H groups in total. The van der Waals surface area contributed by atoms with E-state index in [1.54, 1.807) is 4.90 Å². The molecular formula is C22H25N3O2SSi. The summed E-state index contributed by atoms with van der Waals surface area (Å²) in [4.78, 5) is 32.5. The maximum atomic E-state index is 13.4. The van der Waals surface area contributed by atoms with Gasteiger partial charge in [0, 0.05) is 6.54 Å². The molecule has 2 aromatic rings. The van der Waals surface area contributed by atoms with Crippen molar-refractivity contribution in [3.8, 4) is 21.9 Å². The molecule has 0 unspecified atom stereocenters. The Morgan fingerprint density at radius 2 is 2.07 bits per heavy atom. The molecule has 1 saturated heterocycles. The number of nitrogens with two attached hydrogens (primary N) is 1. The number of nitrogens with zero attached hydrogens (tertiary/aromatic N) is 2. The third-order valence-electron chi connectivity index (χ3n) is 5.36. The maximum Gasteiger partial charge on any atom is 0.274 e. The highest BCUT2D eigenvalue weighted by atomic mass is 32.1. The van der Waals surface area contributed by atoms with Crippen LogP contribution in [0.5, 0.6) is 0 Å². The monoisotopic (exact) mass is 423 g/mol. The summed E-state index contributed by atoms with van der Waals surface area (Å²) in [6.45, 7) is 9.13. The summed E-state index contributed by atoms with van der Waals surface area (Å²) < 4.78 is 0. The van der Waals surface area contributed by atoms with Crippen LogP contribution in [0.25, 0.3) is 10.4 Å².